The molecule has 2 aromatic rings. The zero-order chi connectivity index (χ0) is 27.0. The van der Waals surface area contributed by atoms with E-state index in [-0.39, 0.29) is 24.1 Å². The Bertz CT molecular complexity index is 1370. The number of halogens is 2. The Morgan fingerprint density at radius 1 is 1.05 bits per heavy atom. The molecule has 7 nitrogen and oxygen atoms in total. The van der Waals surface area contributed by atoms with E-state index in [9.17, 15) is 14.4 Å². The van der Waals surface area contributed by atoms with Gasteiger partial charge in [0.25, 0.3) is 5.91 Å². The number of carbonyl (C=O) groups is 3. The molecular formula is C29H28ClIN2O5. The minimum Gasteiger partial charge on any atom is -0.493 e. The van der Waals surface area contributed by atoms with Gasteiger partial charge in [0.05, 0.1) is 10.7 Å². The van der Waals surface area contributed by atoms with Gasteiger partial charge in [-0.3, -0.25) is 14.4 Å². The minimum absolute atomic E-state index is 0.0795. The second-order valence-corrected chi connectivity index (χ2v) is 11.3. The number of amides is 1. The fraction of sp³-hybridized carbons (Fsp3) is 0.345. The van der Waals surface area contributed by atoms with Crippen molar-refractivity contribution in [3.05, 3.63) is 72.6 Å². The van der Waals surface area contributed by atoms with E-state index in [1.807, 2.05) is 25.1 Å². The van der Waals surface area contributed by atoms with Crippen molar-refractivity contribution in [2.45, 2.75) is 51.4 Å². The second kappa shape index (κ2) is 11.1. The Labute approximate surface area is 240 Å². The lowest BCUT2D eigenvalue weighted by Gasteiger charge is -2.37. The fourth-order valence-corrected chi connectivity index (χ4v) is 6.33. The molecule has 9 heteroatoms. The van der Waals surface area contributed by atoms with Gasteiger partial charge >= 0.3 is 0 Å². The maximum atomic E-state index is 13.1. The van der Waals surface area contributed by atoms with Gasteiger partial charge in [0.1, 0.15) is 0 Å². The first-order chi connectivity index (χ1) is 18.3. The number of dihydropyridines is 1. The lowest BCUT2D eigenvalue weighted by atomic mass is 9.71. The van der Waals surface area contributed by atoms with Crippen molar-refractivity contribution in [1.29, 1.82) is 0 Å². The quantitative estimate of drug-likeness (QED) is 0.375. The molecule has 0 fully saturated rings. The van der Waals surface area contributed by atoms with Crippen molar-refractivity contribution in [3.63, 3.8) is 0 Å². The van der Waals surface area contributed by atoms with Crippen molar-refractivity contribution in [2.75, 3.05) is 19.0 Å². The molecule has 38 heavy (non-hydrogen) atoms. The smallest absolute Gasteiger partial charge is 0.262 e. The van der Waals surface area contributed by atoms with Gasteiger partial charge in [0.2, 0.25) is 0 Å². The first-order valence-electron chi connectivity index (χ1n) is 12.6. The number of methoxy groups -OCH3 is 1. The number of Topliss-reactive ketones (excluding diaryl/α,β-unsaturated/α-hetero) is 2. The zero-order valence-electron chi connectivity index (χ0n) is 21.2. The maximum Gasteiger partial charge on any atom is 0.262 e. The maximum absolute atomic E-state index is 13.1. The number of hydrogen-bond acceptors (Lipinski definition) is 6. The van der Waals surface area contributed by atoms with Gasteiger partial charge < -0.3 is 20.1 Å². The van der Waals surface area contributed by atoms with E-state index >= 15 is 0 Å². The number of nitrogens with one attached hydrogen (secondary N) is 2. The number of anilines is 1. The molecule has 3 aliphatic rings. The number of hydrogen-bond donors (Lipinski definition) is 2. The summed E-state index contributed by atoms with van der Waals surface area (Å²) in [4.78, 5) is 38.8. The lowest BCUT2D eigenvalue weighted by Crippen LogP contribution is -2.36. The van der Waals surface area contributed by atoms with E-state index in [1.165, 1.54) is 7.11 Å². The van der Waals surface area contributed by atoms with Crippen LogP contribution in [0.3, 0.4) is 0 Å². The zero-order valence-corrected chi connectivity index (χ0v) is 24.1. The molecule has 0 spiro atoms. The highest BCUT2D eigenvalue weighted by atomic mass is 127. The van der Waals surface area contributed by atoms with Crippen LogP contribution in [-0.2, 0) is 14.4 Å². The van der Waals surface area contributed by atoms with Gasteiger partial charge in [0, 0.05) is 52.0 Å². The van der Waals surface area contributed by atoms with Crippen LogP contribution >= 0.6 is 34.2 Å². The number of benzene rings is 2. The summed E-state index contributed by atoms with van der Waals surface area (Å²) in [5.74, 6) is 0.249. The summed E-state index contributed by atoms with van der Waals surface area (Å²) < 4.78 is 12.3. The molecule has 0 saturated heterocycles. The second-order valence-electron chi connectivity index (χ2n) is 9.73. The molecule has 2 N–H and O–H groups in total. The first kappa shape index (κ1) is 26.7. The summed E-state index contributed by atoms with van der Waals surface area (Å²) in [6.45, 7) is 1.66. The highest BCUT2D eigenvalue weighted by Gasteiger charge is 2.40. The summed E-state index contributed by atoms with van der Waals surface area (Å²) in [7, 11) is 1.53. The molecule has 1 amide bonds. The molecule has 1 aliphatic heterocycles. The molecule has 1 heterocycles. The molecule has 0 unspecified atom stereocenters. The Balaban J connectivity index is 1.44. The topological polar surface area (TPSA) is 93.7 Å². The van der Waals surface area contributed by atoms with Crippen LogP contribution in [0, 0.1) is 10.5 Å². The fourth-order valence-electron chi connectivity index (χ4n) is 5.37. The molecule has 0 saturated carbocycles. The highest BCUT2D eigenvalue weighted by molar-refractivity contribution is 14.1. The molecule has 0 radical (unpaired) electrons. The number of ether oxygens (including phenoxy) is 2. The van der Waals surface area contributed by atoms with E-state index in [0.29, 0.717) is 46.2 Å². The Morgan fingerprint density at radius 2 is 1.71 bits per heavy atom. The van der Waals surface area contributed by atoms with Gasteiger partial charge in [0.15, 0.2) is 29.7 Å². The number of rotatable bonds is 6. The van der Waals surface area contributed by atoms with Gasteiger partial charge in [-0.15, -0.1) is 0 Å². The number of ketones is 2. The van der Waals surface area contributed by atoms with Crippen LogP contribution < -0.4 is 20.1 Å². The normalized spacial score (nSPS) is 17.6. The molecule has 0 bridgehead atoms. The highest BCUT2D eigenvalue weighted by Crippen LogP contribution is 2.47. The summed E-state index contributed by atoms with van der Waals surface area (Å²) >= 11 is 8.30. The van der Waals surface area contributed by atoms with Crippen LogP contribution in [0.4, 0.5) is 5.69 Å². The third-order valence-electron chi connectivity index (χ3n) is 7.18. The van der Waals surface area contributed by atoms with Crippen LogP contribution in [0.1, 0.15) is 55.6 Å². The summed E-state index contributed by atoms with van der Waals surface area (Å²) in [5.41, 5.74) is 5.55. The van der Waals surface area contributed by atoms with E-state index in [4.69, 9.17) is 21.1 Å². The van der Waals surface area contributed by atoms with Crippen molar-refractivity contribution in [1.82, 2.24) is 5.32 Å². The van der Waals surface area contributed by atoms with Gasteiger partial charge in [-0.2, -0.15) is 0 Å². The lowest BCUT2D eigenvalue weighted by molar-refractivity contribution is -0.118. The van der Waals surface area contributed by atoms with Crippen LogP contribution in [0.5, 0.6) is 11.5 Å². The third kappa shape index (κ3) is 5.20. The molecule has 2 aromatic carbocycles. The molecule has 2 aliphatic carbocycles. The monoisotopic (exact) mass is 646 g/mol. The van der Waals surface area contributed by atoms with Crippen molar-refractivity contribution >= 4 is 57.4 Å². The van der Waals surface area contributed by atoms with Crippen molar-refractivity contribution < 1.29 is 23.9 Å². The van der Waals surface area contributed by atoms with Gasteiger partial charge in [-0.05, 0) is 90.6 Å². The largest absolute Gasteiger partial charge is 0.493 e. The Hall–Kier alpha value is -2.85. The summed E-state index contributed by atoms with van der Waals surface area (Å²) in [6.07, 6.45) is 4.14. The van der Waals surface area contributed by atoms with Crippen molar-refractivity contribution in [3.8, 4) is 11.5 Å². The van der Waals surface area contributed by atoms with Gasteiger partial charge in [-0.1, -0.05) is 17.7 Å². The first-order valence-corrected chi connectivity index (χ1v) is 14.1. The van der Waals surface area contributed by atoms with Crippen molar-refractivity contribution in [2.24, 2.45) is 0 Å². The summed E-state index contributed by atoms with van der Waals surface area (Å²) in [5, 5.41) is 6.79. The number of carbonyl (C=O) groups excluding carboxylic acids is 3. The summed E-state index contributed by atoms with van der Waals surface area (Å²) in [6, 6.07) is 9.05. The number of aryl methyl sites for hydroxylation is 1. The molecule has 0 aromatic heterocycles. The third-order valence-corrected chi connectivity index (χ3v) is 8.39. The SMILES string of the molecule is COc1cc(C2C3=C(CCCC3=O)NC3=C2C(=O)CCC3)cc(I)c1OCC(=O)Nc1ccc(C)c(Cl)c1. The van der Waals surface area contributed by atoms with E-state index in [2.05, 4.69) is 33.2 Å². The van der Waals surface area contributed by atoms with Crippen LogP contribution in [0.25, 0.3) is 0 Å². The molecule has 5 rings (SSSR count). The van der Waals surface area contributed by atoms with Crippen LogP contribution in [-0.4, -0.2) is 31.2 Å². The standard InChI is InChI=1S/C29H28ClIN2O5/c1-15-9-10-17(13-18(15)30)32-25(36)14-38-29-19(31)11-16(12-24(29)37-2)26-27-20(5-3-7-22(27)34)33-21-6-4-8-23(35)28(21)26/h9-13,26,33H,3-8,14H2,1-2H3,(H,32,36). The van der Waals surface area contributed by atoms with Crippen LogP contribution in [0.15, 0.2) is 52.9 Å². The Kier molecular flexibility index (Phi) is 7.81. The van der Waals surface area contributed by atoms with E-state index in [0.717, 1.165) is 51.8 Å². The average Bonchev–Trinajstić information content (AvgIpc) is 2.89. The number of allylic oxidation sites excluding steroid dienone is 4. The van der Waals surface area contributed by atoms with E-state index in [1.54, 1.807) is 12.1 Å². The average molecular weight is 647 g/mol. The van der Waals surface area contributed by atoms with E-state index < -0.39 is 5.92 Å². The van der Waals surface area contributed by atoms with Gasteiger partial charge in [-0.25, -0.2) is 0 Å². The van der Waals surface area contributed by atoms with Crippen LogP contribution in [0.2, 0.25) is 5.02 Å². The molecule has 0 atom stereocenters. The predicted molar refractivity (Wildman–Crippen MR) is 154 cm³/mol. The minimum atomic E-state index is -0.437. The molecular weight excluding hydrogens is 619 g/mol. The Morgan fingerprint density at radius 3 is 2.32 bits per heavy atom. The predicted octanol–water partition coefficient (Wildman–Crippen LogP) is 5.98. The molecule has 198 valence electrons.